The number of benzene rings is 4. The average Bonchev–Trinajstić information content (AvgIpc) is 2.80. The number of hydrogen-bond donors (Lipinski definition) is 0. The van der Waals surface area contributed by atoms with E-state index < -0.39 is 9.84 Å². The number of hydrogen-bond acceptors (Lipinski definition) is 4. The molecule has 0 saturated heterocycles. The first-order valence-electron chi connectivity index (χ1n) is 11.0. The van der Waals surface area contributed by atoms with Crippen molar-refractivity contribution in [1.29, 1.82) is 0 Å². The molecule has 0 amide bonds. The summed E-state index contributed by atoms with van der Waals surface area (Å²) in [5, 5.41) is 0. The van der Waals surface area contributed by atoms with E-state index in [-0.39, 0.29) is 0 Å². The SMILES string of the molecule is CSc1cc(C)c(-c2ccc(Sc3ccc(S(=O)(=O)c4ccc(C)cc4)cc3)cc2C)c(C)c1. The standard InChI is InChI=1S/C29H28O2S3/c1-19-6-11-26(12-7-19)34(30,31)27-13-8-23(9-14-27)33-24-10-15-28(20(2)16-24)29-21(3)17-25(32-5)18-22(29)4/h6-18H,1-5H3. The van der Waals surface area contributed by atoms with Crippen molar-refractivity contribution < 1.29 is 8.42 Å². The summed E-state index contributed by atoms with van der Waals surface area (Å²) in [4.78, 5) is 4.06. The van der Waals surface area contributed by atoms with Gasteiger partial charge in [0.1, 0.15) is 0 Å². The van der Waals surface area contributed by atoms with Crippen molar-refractivity contribution in [2.75, 3.05) is 6.26 Å². The predicted molar refractivity (Wildman–Crippen MR) is 145 cm³/mol. The molecule has 4 aromatic carbocycles. The average molecular weight is 505 g/mol. The van der Waals surface area contributed by atoms with Gasteiger partial charge in [-0.05, 0) is 122 Å². The van der Waals surface area contributed by atoms with Crippen molar-refractivity contribution >= 4 is 33.4 Å². The van der Waals surface area contributed by atoms with Gasteiger partial charge in [-0.25, -0.2) is 8.42 Å². The zero-order valence-electron chi connectivity index (χ0n) is 20.0. The third-order valence-electron chi connectivity index (χ3n) is 5.91. The van der Waals surface area contributed by atoms with Crippen molar-refractivity contribution in [2.45, 2.75) is 52.2 Å². The molecule has 0 saturated carbocycles. The van der Waals surface area contributed by atoms with Crippen LogP contribution < -0.4 is 0 Å². The highest BCUT2D eigenvalue weighted by atomic mass is 32.2. The Kier molecular flexibility index (Phi) is 7.27. The summed E-state index contributed by atoms with van der Waals surface area (Å²) in [6.07, 6.45) is 2.11. The maximum absolute atomic E-state index is 12.9. The third-order valence-corrected chi connectivity index (χ3v) is 9.40. The Bertz CT molecular complexity index is 1410. The van der Waals surface area contributed by atoms with Gasteiger partial charge in [-0.15, -0.1) is 11.8 Å². The molecule has 0 aliphatic heterocycles. The number of aryl methyl sites for hydroxylation is 4. The van der Waals surface area contributed by atoms with E-state index in [9.17, 15) is 8.42 Å². The van der Waals surface area contributed by atoms with Gasteiger partial charge in [-0.2, -0.15) is 0 Å². The maximum Gasteiger partial charge on any atom is 0.206 e. The molecule has 0 N–H and O–H groups in total. The van der Waals surface area contributed by atoms with Gasteiger partial charge < -0.3 is 0 Å². The lowest BCUT2D eigenvalue weighted by Crippen LogP contribution is -2.01. The van der Waals surface area contributed by atoms with Crippen molar-refractivity contribution in [1.82, 2.24) is 0 Å². The van der Waals surface area contributed by atoms with Crippen LogP contribution in [0, 0.1) is 27.7 Å². The van der Waals surface area contributed by atoms with Crippen LogP contribution in [0.2, 0.25) is 0 Å². The molecule has 4 aromatic rings. The van der Waals surface area contributed by atoms with E-state index in [1.54, 1.807) is 47.8 Å². The second kappa shape index (κ2) is 10.0. The molecular formula is C29H28O2S3. The monoisotopic (exact) mass is 504 g/mol. The number of rotatable bonds is 6. The molecule has 0 bridgehead atoms. The van der Waals surface area contributed by atoms with Gasteiger partial charge in [0.15, 0.2) is 0 Å². The molecular weight excluding hydrogens is 477 g/mol. The van der Waals surface area contributed by atoms with Crippen molar-refractivity contribution in [2.24, 2.45) is 0 Å². The van der Waals surface area contributed by atoms with Crippen molar-refractivity contribution in [3.8, 4) is 11.1 Å². The first-order valence-corrected chi connectivity index (χ1v) is 14.6. The van der Waals surface area contributed by atoms with E-state index in [0.29, 0.717) is 9.79 Å². The Morgan fingerprint density at radius 2 is 1.09 bits per heavy atom. The quantitative estimate of drug-likeness (QED) is 0.247. The molecule has 0 aromatic heterocycles. The van der Waals surface area contributed by atoms with Crippen LogP contribution in [0.3, 0.4) is 0 Å². The van der Waals surface area contributed by atoms with E-state index in [1.807, 2.05) is 31.2 Å². The van der Waals surface area contributed by atoms with Gasteiger partial charge in [-0.3, -0.25) is 0 Å². The molecule has 0 atom stereocenters. The minimum Gasteiger partial charge on any atom is -0.219 e. The summed E-state index contributed by atoms with van der Waals surface area (Å²) < 4.78 is 25.8. The third kappa shape index (κ3) is 5.12. The highest BCUT2D eigenvalue weighted by Crippen LogP contribution is 2.36. The molecule has 0 radical (unpaired) electrons. The number of sulfone groups is 1. The van der Waals surface area contributed by atoms with E-state index in [1.165, 1.54) is 32.7 Å². The first kappa shape index (κ1) is 24.6. The fraction of sp³-hybridized carbons (Fsp3) is 0.172. The van der Waals surface area contributed by atoms with E-state index in [0.717, 1.165) is 15.4 Å². The van der Waals surface area contributed by atoms with Gasteiger partial charge >= 0.3 is 0 Å². The lowest BCUT2D eigenvalue weighted by molar-refractivity contribution is 0.596. The van der Waals surface area contributed by atoms with Gasteiger partial charge in [-0.1, -0.05) is 35.5 Å². The molecule has 5 heteroatoms. The molecule has 34 heavy (non-hydrogen) atoms. The van der Waals surface area contributed by atoms with Crippen LogP contribution in [0.1, 0.15) is 22.3 Å². The Balaban J connectivity index is 1.56. The van der Waals surface area contributed by atoms with Crippen LogP contribution in [-0.4, -0.2) is 14.7 Å². The molecule has 0 fully saturated rings. The normalized spacial score (nSPS) is 11.6. The van der Waals surface area contributed by atoms with Crippen LogP contribution >= 0.6 is 23.5 Å². The largest absolute Gasteiger partial charge is 0.219 e. The highest BCUT2D eigenvalue weighted by Gasteiger charge is 2.17. The van der Waals surface area contributed by atoms with Crippen LogP contribution in [0.25, 0.3) is 11.1 Å². The van der Waals surface area contributed by atoms with Crippen LogP contribution in [0.15, 0.2) is 103 Å². The minimum absolute atomic E-state index is 0.312. The van der Waals surface area contributed by atoms with Gasteiger partial charge in [0.05, 0.1) is 9.79 Å². The minimum atomic E-state index is -3.51. The molecule has 174 valence electrons. The fourth-order valence-electron chi connectivity index (χ4n) is 4.12. The summed E-state index contributed by atoms with van der Waals surface area (Å²) in [7, 11) is -3.51. The molecule has 0 spiro atoms. The zero-order valence-corrected chi connectivity index (χ0v) is 22.5. The maximum atomic E-state index is 12.9. The Morgan fingerprint density at radius 3 is 1.62 bits per heavy atom. The second-order valence-corrected chi connectivity index (χ2v) is 12.5. The van der Waals surface area contributed by atoms with Crippen molar-refractivity contribution in [3.05, 3.63) is 101 Å². The molecule has 0 aliphatic rings. The molecule has 0 unspecified atom stereocenters. The predicted octanol–water partition coefficient (Wildman–Crippen LogP) is 8.29. The Morgan fingerprint density at radius 1 is 0.588 bits per heavy atom. The number of thioether (sulfide) groups is 1. The van der Waals surface area contributed by atoms with Gasteiger partial charge in [0.25, 0.3) is 0 Å². The van der Waals surface area contributed by atoms with Gasteiger partial charge in [0, 0.05) is 14.7 Å². The summed E-state index contributed by atoms with van der Waals surface area (Å²) in [5.74, 6) is 0. The molecule has 0 heterocycles. The Hall–Kier alpha value is -2.47. The smallest absolute Gasteiger partial charge is 0.206 e. The lowest BCUT2D eigenvalue weighted by atomic mass is 9.93. The first-order chi connectivity index (χ1) is 16.2. The van der Waals surface area contributed by atoms with E-state index in [4.69, 9.17) is 0 Å². The topological polar surface area (TPSA) is 34.1 Å². The van der Waals surface area contributed by atoms with Gasteiger partial charge in [0.2, 0.25) is 9.84 Å². The van der Waals surface area contributed by atoms with E-state index >= 15 is 0 Å². The van der Waals surface area contributed by atoms with E-state index in [2.05, 4.69) is 57.4 Å². The molecule has 2 nitrogen and oxygen atoms in total. The van der Waals surface area contributed by atoms with Crippen molar-refractivity contribution in [3.63, 3.8) is 0 Å². The molecule has 0 aliphatic carbocycles. The van der Waals surface area contributed by atoms with Crippen LogP contribution in [0.5, 0.6) is 0 Å². The van der Waals surface area contributed by atoms with Crippen LogP contribution in [0.4, 0.5) is 0 Å². The summed E-state index contributed by atoms with van der Waals surface area (Å²) in [6.45, 7) is 8.45. The zero-order chi connectivity index (χ0) is 24.5. The highest BCUT2D eigenvalue weighted by molar-refractivity contribution is 7.99. The molecule has 4 rings (SSSR count). The lowest BCUT2D eigenvalue weighted by Gasteiger charge is -2.15. The Labute approximate surface area is 211 Å². The second-order valence-electron chi connectivity index (χ2n) is 8.50. The summed E-state index contributed by atoms with van der Waals surface area (Å²) in [6, 6.07) is 25.2. The fourth-order valence-corrected chi connectivity index (χ4v) is 6.89. The summed E-state index contributed by atoms with van der Waals surface area (Å²) in [5.41, 5.74) is 7.40. The van der Waals surface area contributed by atoms with Crippen LogP contribution in [-0.2, 0) is 9.84 Å². The summed E-state index contributed by atoms with van der Waals surface area (Å²) >= 11 is 3.41.